The van der Waals surface area contributed by atoms with E-state index in [2.05, 4.69) is 9.97 Å². The van der Waals surface area contributed by atoms with Crippen molar-refractivity contribution in [1.29, 1.82) is 0 Å². The average molecular weight is 253 g/mol. The van der Waals surface area contributed by atoms with E-state index in [0.717, 1.165) is 0 Å². The van der Waals surface area contributed by atoms with Gasteiger partial charge < -0.3 is 15.0 Å². The number of aromatic amines is 1. The van der Waals surface area contributed by atoms with Gasteiger partial charge in [-0.2, -0.15) is 0 Å². The van der Waals surface area contributed by atoms with E-state index in [0.29, 0.717) is 18.2 Å². The number of carboxylic acids is 1. The standard InChI is InChI=1S/C12H19N3O3/c1-7(2)11-13-9(5-10(16)14-11)15(4)6-8(3)12(17)18/h5,7-8H,6H2,1-4H3,(H,17,18)(H,13,14,16). The first-order valence-electron chi connectivity index (χ1n) is 5.86. The second kappa shape index (κ2) is 5.66. The molecule has 1 rings (SSSR count). The first-order chi connectivity index (χ1) is 8.31. The molecule has 1 heterocycles. The van der Waals surface area contributed by atoms with Crippen molar-refractivity contribution >= 4 is 11.8 Å². The summed E-state index contributed by atoms with van der Waals surface area (Å²) in [6, 6.07) is 1.38. The lowest BCUT2D eigenvalue weighted by Gasteiger charge is -2.21. The largest absolute Gasteiger partial charge is 0.481 e. The Kier molecular flexibility index (Phi) is 4.47. The van der Waals surface area contributed by atoms with Crippen molar-refractivity contribution in [2.24, 2.45) is 5.92 Å². The highest BCUT2D eigenvalue weighted by Crippen LogP contribution is 2.13. The van der Waals surface area contributed by atoms with E-state index >= 15 is 0 Å². The lowest BCUT2D eigenvalue weighted by molar-refractivity contribution is -0.140. The molecule has 2 N–H and O–H groups in total. The fourth-order valence-corrected chi connectivity index (χ4v) is 1.51. The monoisotopic (exact) mass is 253 g/mol. The maximum absolute atomic E-state index is 11.5. The van der Waals surface area contributed by atoms with Crippen molar-refractivity contribution in [3.63, 3.8) is 0 Å². The van der Waals surface area contributed by atoms with Crippen molar-refractivity contribution in [3.05, 3.63) is 22.2 Å². The van der Waals surface area contributed by atoms with Crippen molar-refractivity contribution in [1.82, 2.24) is 9.97 Å². The van der Waals surface area contributed by atoms with Crippen LogP contribution in [0.4, 0.5) is 5.82 Å². The number of hydrogen-bond acceptors (Lipinski definition) is 4. The van der Waals surface area contributed by atoms with Crippen LogP contribution in [0.3, 0.4) is 0 Å². The number of hydrogen-bond donors (Lipinski definition) is 2. The molecule has 0 aliphatic heterocycles. The smallest absolute Gasteiger partial charge is 0.308 e. The number of nitrogens with one attached hydrogen (secondary N) is 1. The summed E-state index contributed by atoms with van der Waals surface area (Å²) in [5, 5.41) is 8.86. The zero-order valence-electron chi connectivity index (χ0n) is 11.1. The Balaban J connectivity index is 2.95. The van der Waals surface area contributed by atoms with E-state index < -0.39 is 11.9 Å². The van der Waals surface area contributed by atoms with E-state index in [1.54, 1.807) is 18.9 Å². The Morgan fingerprint density at radius 3 is 2.61 bits per heavy atom. The molecule has 1 aromatic rings. The molecule has 0 aromatic carbocycles. The summed E-state index contributed by atoms with van der Waals surface area (Å²) in [6.45, 7) is 5.79. The molecule has 0 saturated heterocycles. The Labute approximate surface area is 106 Å². The number of aliphatic carboxylic acids is 1. The van der Waals surface area contributed by atoms with Gasteiger partial charge in [-0.25, -0.2) is 4.98 Å². The molecule has 18 heavy (non-hydrogen) atoms. The van der Waals surface area contributed by atoms with Crippen LogP contribution in [0.2, 0.25) is 0 Å². The third kappa shape index (κ3) is 3.58. The number of aromatic nitrogens is 2. The third-order valence-electron chi connectivity index (χ3n) is 2.65. The van der Waals surface area contributed by atoms with Crippen LogP contribution in [0.15, 0.2) is 10.9 Å². The topological polar surface area (TPSA) is 86.3 Å². The Bertz CT molecular complexity index is 482. The third-order valence-corrected chi connectivity index (χ3v) is 2.65. The minimum absolute atomic E-state index is 0.114. The van der Waals surface area contributed by atoms with Crippen LogP contribution >= 0.6 is 0 Å². The number of rotatable bonds is 5. The summed E-state index contributed by atoms with van der Waals surface area (Å²) in [7, 11) is 1.73. The Hall–Kier alpha value is -1.85. The zero-order chi connectivity index (χ0) is 13.9. The molecular weight excluding hydrogens is 234 g/mol. The quantitative estimate of drug-likeness (QED) is 0.819. The van der Waals surface area contributed by atoms with Gasteiger partial charge in [0.25, 0.3) is 5.56 Å². The van der Waals surface area contributed by atoms with Crippen LogP contribution in [0.1, 0.15) is 32.5 Å². The summed E-state index contributed by atoms with van der Waals surface area (Å²) in [5.41, 5.74) is -0.224. The first kappa shape index (κ1) is 14.2. The van der Waals surface area contributed by atoms with Crippen LogP contribution in [0.5, 0.6) is 0 Å². The van der Waals surface area contributed by atoms with E-state index in [-0.39, 0.29) is 11.5 Å². The maximum atomic E-state index is 11.5. The highest BCUT2D eigenvalue weighted by molar-refractivity contribution is 5.70. The number of carbonyl (C=O) groups is 1. The number of nitrogens with zero attached hydrogens (tertiary/aromatic N) is 2. The number of H-pyrrole nitrogens is 1. The van der Waals surface area contributed by atoms with Crippen LogP contribution in [-0.4, -0.2) is 34.6 Å². The molecule has 1 atom stereocenters. The second-order valence-corrected chi connectivity index (χ2v) is 4.76. The number of anilines is 1. The van der Waals surface area contributed by atoms with Crippen LogP contribution < -0.4 is 10.5 Å². The molecule has 100 valence electrons. The zero-order valence-corrected chi connectivity index (χ0v) is 11.1. The molecule has 0 bridgehead atoms. The predicted molar refractivity (Wildman–Crippen MR) is 69.0 cm³/mol. The second-order valence-electron chi connectivity index (χ2n) is 4.76. The normalized spacial score (nSPS) is 12.5. The summed E-state index contributed by atoms with van der Waals surface area (Å²) in [5.74, 6) is -0.166. The van der Waals surface area contributed by atoms with Crippen molar-refractivity contribution < 1.29 is 9.90 Å². The van der Waals surface area contributed by atoms with E-state index in [1.165, 1.54) is 6.07 Å². The molecule has 0 fully saturated rings. The van der Waals surface area contributed by atoms with Crippen LogP contribution in [0, 0.1) is 5.92 Å². The molecule has 0 amide bonds. The Morgan fingerprint density at radius 1 is 1.50 bits per heavy atom. The molecule has 0 saturated carbocycles. The van der Waals surface area contributed by atoms with E-state index in [4.69, 9.17) is 5.11 Å². The highest BCUT2D eigenvalue weighted by Gasteiger charge is 2.16. The first-order valence-corrected chi connectivity index (χ1v) is 5.86. The molecular formula is C12H19N3O3. The molecule has 6 heteroatoms. The van der Waals surface area contributed by atoms with Crippen LogP contribution in [0.25, 0.3) is 0 Å². The van der Waals surface area contributed by atoms with Gasteiger partial charge >= 0.3 is 5.97 Å². The summed E-state index contributed by atoms with van der Waals surface area (Å²) in [6.07, 6.45) is 0. The van der Waals surface area contributed by atoms with Gasteiger partial charge in [-0.3, -0.25) is 9.59 Å². The van der Waals surface area contributed by atoms with Crippen molar-refractivity contribution in [2.45, 2.75) is 26.7 Å². The highest BCUT2D eigenvalue weighted by atomic mass is 16.4. The van der Waals surface area contributed by atoms with Gasteiger partial charge in [0.15, 0.2) is 0 Å². The van der Waals surface area contributed by atoms with Crippen LogP contribution in [-0.2, 0) is 4.79 Å². The number of carboxylic acid groups (broad SMARTS) is 1. The minimum atomic E-state index is -0.865. The minimum Gasteiger partial charge on any atom is -0.481 e. The SMILES string of the molecule is CC(CN(C)c1cc(=O)[nH]c(C(C)C)n1)C(=O)O. The lowest BCUT2D eigenvalue weighted by Crippen LogP contribution is -2.30. The molecule has 0 aliphatic rings. The average Bonchev–Trinajstić information content (AvgIpc) is 2.27. The van der Waals surface area contributed by atoms with Gasteiger partial charge in [0.05, 0.1) is 5.92 Å². The van der Waals surface area contributed by atoms with Gasteiger partial charge in [-0.05, 0) is 0 Å². The van der Waals surface area contributed by atoms with Gasteiger partial charge in [-0.1, -0.05) is 20.8 Å². The van der Waals surface area contributed by atoms with Gasteiger partial charge in [0, 0.05) is 25.6 Å². The van der Waals surface area contributed by atoms with Gasteiger partial charge in [-0.15, -0.1) is 0 Å². The molecule has 0 radical (unpaired) electrons. The Morgan fingerprint density at radius 2 is 2.11 bits per heavy atom. The van der Waals surface area contributed by atoms with Gasteiger partial charge in [0.2, 0.25) is 0 Å². The molecule has 1 unspecified atom stereocenters. The summed E-state index contributed by atoms with van der Waals surface area (Å²) in [4.78, 5) is 31.0. The molecule has 1 aromatic heterocycles. The molecule has 0 spiro atoms. The van der Waals surface area contributed by atoms with E-state index in [1.807, 2.05) is 13.8 Å². The molecule has 6 nitrogen and oxygen atoms in total. The molecule has 0 aliphatic carbocycles. The lowest BCUT2D eigenvalue weighted by atomic mass is 10.2. The van der Waals surface area contributed by atoms with Crippen molar-refractivity contribution in [3.8, 4) is 0 Å². The predicted octanol–water partition coefficient (Wildman–Crippen LogP) is 1.05. The maximum Gasteiger partial charge on any atom is 0.308 e. The summed E-state index contributed by atoms with van der Waals surface area (Å²) < 4.78 is 0. The fraction of sp³-hybridized carbons (Fsp3) is 0.583. The van der Waals surface area contributed by atoms with Gasteiger partial charge in [0.1, 0.15) is 11.6 Å². The van der Waals surface area contributed by atoms with E-state index in [9.17, 15) is 9.59 Å². The fourth-order valence-electron chi connectivity index (χ4n) is 1.51. The van der Waals surface area contributed by atoms with Crippen molar-refractivity contribution in [2.75, 3.05) is 18.5 Å². The summed E-state index contributed by atoms with van der Waals surface area (Å²) >= 11 is 0.